The SMILES string of the molecule is Cc1ccc(Cn2nccc2CNC2CCN(Cc3ccc(Cl)c(Cl)c3)CC2)cc1. The van der Waals surface area contributed by atoms with Crippen LogP contribution in [0.3, 0.4) is 0 Å². The van der Waals surface area contributed by atoms with Gasteiger partial charge in [-0.25, -0.2) is 0 Å². The summed E-state index contributed by atoms with van der Waals surface area (Å²) in [5, 5.41) is 9.50. The summed E-state index contributed by atoms with van der Waals surface area (Å²) in [6.07, 6.45) is 4.19. The van der Waals surface area contributed by atoms with Crippen LogP contribution in [0.5, 0.6) is 0 Å². The molecule has 1 aliphatic rings. The molecule has 158 valence electrons. The van der Waals surface area contributed by atoms with Crippen molar-refractivity contribution in [3.05, 3.63) is 87.2 Å². The van der Waals surface area contributed by atoms with Crippen LogP contribution in [0.2, 0.25) is 10.0 Å². The van der Waals surface area contributed by atoms with E-state index in [2.05, 4.69) is 63.3 Å². The summed E-state index contributed by atoms with van der Waals surface area (Å²) in [5.74, 6) is 0. The van der Waals surface area contributed by atoms with Crippen molar-refractivity contribution in [3.63, 3.8) is 0 Å². The van der Waals surface area contributed by atoms with E-state index in [1.54, 1.807) is 0 Å². The monoisotopic (exact) mass is 442 g/mol. The van der Waals surface area contributed by atoms with Gasteiger partial charge in [0, 0.05) is 25.3 Å². The molecule has 30 heavy (non-hydrogen) atoms. The molecule has 2 aromatic carbocycles. The number of nitrogens with zero attached hydrogens (tertiary/aromatic N) is 3. The van der Waals surface area contributed by atoms with E-state index in [1.807, 2.05) is 18.3 Å². The number of aryl methyl sites for hydroxylation is 1. The lowest BCUT2D eigenvalue weighted by Gasteiger charge is -2.32. The average Bonchev–Trinajstić information content (AvgIpc) is 3.19. The molecule has 0 amide bonds. The smallest absolute Gasteiger partial charge is 0.0663 e. The van der Waals surface area contributed by atoms with Gasteiger partial charge >= 0.3 is 0 Å². The van der Waals surface area contributed by atoms with Crippen molar-refractivity contribution in [2.24, 2.45) is 0 Å². The van der Waals surface area contributed by atoms with Crippen LogP contribution in [0.25, 0.3) is 0 Å². The Hall–Kier alpha value is -1.85. The molecule has 4 nitrogen and oxygen atoms in total. The Labute approximate surface area is 188 Å². The first-order chi connectivity index (χ1) is 14.6. The molecule has 1 N–H and O–H groups in total. The fraction of sp³-hybridized carbons (Fsp3) is 0.375. The van der Waals surface area contributed by atoms with Crippen molar-refractivity contribution in [3.8, 4) is 0 Å². The van der Waals surface area contributed by atoms with Gasteiger partial charge in [0.2, 0.25) is 0 Å². The lowest BCUT2D eigenvalue weighted by molar-refractivity contribution is 0.189. The van der Waals surface area contributed by atoms with Crippen LogP contribution in [0.1, 0.15) is 35.2 Å². The summed E-state index contributed by atoms with van der Waals surface area (Å²) in [5.41, 5.74) is 5.01. The third kappa shape index (κ3) is 5.64. The van der Waals surface area contributed by atoms with Crippen molar-refractivity contribution < 1.29 is 0 Å². The molecule has 1 aliphatic heterocycles. The summed E-state index contributed by atoms with van der Waals surface area (Å²) in [4.78, 5) is 2.49. The molecular weight excluding hydrogens is 415 g/mol. The number of hydrogen-bond donors (Lipinski definition) is 1. The summed E-state index contributed by atoms with van der Waals surface area (Å²) >= 11 is 12.2. The average molecular weight is 443 g/mol. The second kappa shape index (κ2) is 9.97. The largest absolute Gasteiger partial charge is 0.308 e. The zero-order valence-electron chi connectivity index (χ0n) is 17.3. The van der Waals surface area contributed by atoms with E-state index in [9.17, 15) is 0 Å². The molecule has 4 rings (SSSR count). The predicted octanol–water partition coefficient (Wildman–Crippen LogP) is 5.30. The predicted molar refractivity (Wildman–Crippen MR) is 124 cm³/mol. The molecule has 1 fully saturated rings. The fourth-order valence-corrected chi connectivity index (χ4v) is 4.28. The molecule has 0 bridgehead atoms. The van der Waals surface area contributed by atoms with Gasteiger partial charge in [0.05, 0.1) is 22.3 Å². The maximum absolute atomic E-state index is 6.15. The van der Waals surface area contributed by atoms with E-state index in [0.29, 0.717) is 16.1 Å². The lowest BCUT2D eigenvalue weighted by atomic mass is 10.0. The van der Waals surface area contributed by atoms with Gasteiger partial charge in [-0.3, -0.25) is 9.58 Å². The second-order valence-electron chi connectivity index (χ2n) is 8.15. The summed E-state index contributed by atoms with van der Waals surface area (Å²) < 4.78 is 2.09. The Morgan fingerprint density at radius 1 is 0.933 bits per heavy atom. The highest BCUT2D eigenvalue weighted by Crippen LogP contribution is 2.24. The van der Waals surface area contributed by atoms with Gasteiger partial charge in [-0.1, -0.05) is 59.1 Å². The Morgan fingerprint density at radius 3 is 2.40 bits per heavy atom. The number of halogens is 2. The molecular formula is C24H28Cl2N4. The first kappa shape index (κ1) is 21.4. The fourth-order valence-electron chi connectivity index (χ4n) is 3.96. The van der Waals surface area contributed by atoms with Crippen LogP contribution in [0, 0.1) is 6.92 Å². The van der Waals surface area contributed by atoms with Gasteiger partial charge in [0.1, 0.15) is 0 Å². The molecule has 1 saturated heterocycles. The highest BCUT2D eigenvalue weighted by molar-refractivity contribution is 6.42. The van der Waals surface area contributed by atoms with Crippen molar-refractivity contribution in [1.82, 2.24) is 20.0 Å². The van der Waals surface area contributed by atoms with Gasteiger partial charge in [-0.05, 0) is 62.2 Å². The number of piperidine rings is 1. The highest BCUT2D eigenvalue weighted by Gasteiger charge is 2.19. The molecule has 6 heteroatoms. The first-order valence-electron chi connectivity index (χ1n) is 10.5. The molecule has 3 aromatic rings. The van der Waals surface area contributed by atoms with Crippen molar-refractivity contribution in [2.45, 2.75) is 45.4 Å². The van der Waals surface area contributed by atoms with E-state index in [1.165, 1.54) is 22.4 Å². The first-order valence-corrected chi connectivity index (χ1v) is 11.3. The molecule has 0 saturated carbocycles. The Kier molecular flexibility index (Phi) is 7.11. The Morgan fingerprint density at radius 2 is 1.67 bits per heavy atom. The molecule has 0 unspecified atom stereocenters. The van der Waals surface area contributed by atoms with Crippen molar-refractivity contribution >= 4 is 23.2 Å². The highest BCUT2D eigenvalue weighted by atomic mass is 35.5. The van der Waals surface area contributed by atoms with E-state index >= 15 is 0 Å². The summed E-state index contributed by atoms with van der Waals surface area (Å²) in [6.45, 7) is 6.87. The third-order valence-corrected chi connectivity index (χ3v) is 6.55. The van der Waals surface area contributed by atoms with Crippen molar-refractivity contribution in [2.75, 3.05) is 13.1 Å². The van der Waals surface area contributed by atoms with E-state index in [4.69, 9.17) is 23.2 Å². The molecule has 0 aliphatic carbocycles. The maximum atomic E-state index is 6.15. The number of aromatic nitrogens is 2. The number of nitrogens with one attached hydrogen (secondary N) is 1. The van der Waals surface area contributed by atoms with Crippen LogP contribution < -0.4 is 5.32 Å². The van der Waals surface area contributed by atoms with Gasteiger partial charge in [0.15, 0.2) is 0 Å². The number of benzene rings is 2. The Balaban J connectivity index is 1.25. The Bertz CT molecular complexity index is 960. The number of rotatable bonds is 7. The minimum absolute atomic E-state index is 0.540. The normalized spacial score (nSPS) is 15.6. The summed E-state index contributed by atoms with van der Waals surface area (Å²) in [6, 6.07) is 17.2. The van der Waals surface area contributed by atoms with Gasteiger partial charge in [0.25, 0.3) is 0 Å². The lowest BCUT2D eigenvalue weighted by Crippen LogP contribution is -2.42. The number of hydrogen-bond acceptors (Lipinski definition) is 3. The van der Waals surface area contributed by atoms with E-state index in [-0.39, 0.29) is 0 Å². The zero-order valence-corrected chi connectivity index (χ0v) is 18.8. The zero-order chi connectivity index (χ0) is 20.9. The van der Waals surface area contributed by atoms with E-state index in [0.717, 1.165) is 45.6 Å². The summed E-state index contributed by atoms with van der Waals surface area (Å²) in [7, 11) is 0. The van der Waals surface area contributed by atoms with Gasteiger partial charge in [-0.15, -0.1) is 0 Å². The maximum Gasteiger partial charge on any atom is 0.0663 e. The van der Waals surface area contributed by atoms with Gasteiger partial charge < -0.3 is 5.32 Å². The minimum Gasteiger partial charge on any atom is -0.308 e. The van der Waals surface area contributed by atoms with Gasteiger partial charge in [-0.2, -0.15) is 5.10 Å². The molecule has 2 heterocycles. The van der Waals surface area contributed by atoms with Crippen LogP contribution in [0.4, 0.5) is 0 Å². The third-order valence-electron chi connectivity index (χ3n) is 5.81. The second-order valence-corrected chi connectivity index (χ2v) is 8.96. The van der Waals surface area contributed by atoms with E-state index < -0.39 is 0 Å². The molecule has 0 spiro atoms. The quantitative estimate of drug-likeness (QED) is 0.538. The topological polar surface area (TPSA) is 33.1 Å². The van der Waals surface area contributed by atoms with Crippen LogP contribution in [-0.4, -0.2) is 33.8 Å². The van der Waals surface area contributed by atoms with Crippen molar-refractivity contribution in [1.29, 1.82) is 0 Å². The van der Waals surface area contributed by atoms with Crippen LogP contribution >= 0.6 is 23.2 Å². The molecule has 0 radical (unpaired) electrons. The number of likely N-dealkylation sites (tertiary alicyclic amines) is 1. The van der Waals surface area contributed by atoms with Crippen LogP contribution in [-0.2, 0) is 19.6 Å². The molecule has 1 aromatic heterocycles. The minimum atomic E-state index is 0.540. The standard InChI is InChI=1S/C24H28Cl2N4/c1-18-2-4-19(5-3-18)17-30-22(8-11-28-30)15-27-21-9-12-29(13-10-21)16-20-6-7-23(25)24(26)14-20/h2-8,11,14,21,27H,9-10,12-13,15-17H2,1H3. The van der Waals surface area contributed by atoms with Crippen LogP contribution in [0.15, 0.2) is 54.7 Å². The molecule has 0 atom stereocenters.